The lowest BCUT2D eigenvalue weighted by molar-refractivity contribution is 1.18. The van der Waals surface area contributed by atoms with E-state index in [1.54, 1.807) is 0 Å². The summed E-state index contributed by atoms with van der Waals surface area (Å²) in [4.78, 5) is 0. The van der Waals surface area contributed by atoms with Gasteiger partial charge in [0.05, 0.1) is 11.0 Å². The lowest BCUT2D eigenvalue weighted by Gasteiger charge is -2.12. The van der Waals surface area contributed by atoms with E-state index in [-0.39, 0.29) is 0 Å². The third-order valence-electron chi connectivity index (χ3n) is 11.3. The molecule has 9 aromatic carbocycles. The van der Waals surface area contributed by atoms with Crippen LogP contribution in [0.3, 0.4) is 0 Å². The van der Waals surface area contributed by atoms with E-state index < -0.39 is 0 Å². The number of thiophene rings is 1. The first-order chi connectivity index (χ1) is 27.7. The van der Waals surface area contributed by atoms with E-state index in [9.17, 15) is 0 Å². The lowest BCUT2D eigenvalue weighted by atomic mass is 9.97. The maximum atomic E-state index is 2.43. The molecule has 1 nitrogen and oxygen atoms in total. The molecular formula is C54H35NS. The highest BCUT2D eigenvalue weighted by Crippen LogP contribution is 2.39. The molecule has 2 heterocycles. The lowest BCUT2D eigenvalue weighted by Crippen LogP contribution is -1.94. The summed E-state index contributed by atoms with van der Waals surface area (Å²) < 4.78 is 5.11. The number of benzene rings is 9. The smallest absolute Gasteiger partial charge is 0.0547 e. The van der Waals surface area contributed by atoms with Crippen LogP contribution in [0.4, 0.5) is 0 Å². The van der Waals surface area contributed by atoms with Crippen molar-refractivity contribution in [1.82, 2.24) is 4.57 Å². The van der Waals surface area contributed by atoms with Crippen LogP contribution >= 0.6 is 11.3 Å². The van der Waals surface area contributed by atoms with Crippen LogP contribution in [0, 0.1) is 0 Å². The number of fused-ring (bicyclic) bond motifs is 6. The van der Waals surface area contributed by atoms with E-state index in [0.29, 0.717) is 0 Å². The Morgan fingerprint density at radius 2 is 0.625 bits per heavy atom. The van der Waals surface area contributed by atoms with Crippen LogP contribution in [0.25, 0.3) is 103 Å². The summed E-state index contributed by atoms with van der Waals surface area (Å²) in [7, 11) is 0. The fourth-order valence-corrected chi connectivity index (χ4v) is 9.42. The van der Waals surface area contributed by atoms with Crippen molar-refractivity contribution >= 4 is 53.3 Å². The third kappa shape index (κ3) is 5.62. The van der Waals surface area contributed by atoms with Gasteiger partial charge in [-0.15, -0.1) is 11.3 Å². The summed E-state index contributed by atoms with van der Waals surface area (Å²) in [6.07, 6.45) is 0. The molecule has 56 heavy (non-hydrogen) atoms. The fourth-order valence-electron chi connectivity index (χ4n) is 8.34. The van der Waals surface area contributed by atoms with E-state index in [4.69, 9.17) is 0 Å². The minimum Gasteiger partial charge on any atom is -0.309 e. The van der Waals surface area contributed by atoms with Gasteiger partial charge in [0.2, 0.25) is 0 Å². The summed E-state index contributed by atoms with van der Waals surface area (Å²) in [5, 5.41) is 5.18. The largest absolute Gasteiger partial charge is 0.309 e. The number of hydrogen-bond donors (Lipinski definition) is 0. The normalized spacial score (nSPS) is 11.6. The molecule has 0 fully saturated rings. The number of hydrogen-bond acceptors (Lipinski definition) is 1. The van der Waals surface area contributed by atoms with Crippen LogP contribution in [0.1, 0.15) is 0 Å². The highest BCUT2D eigenvalue weighted by molar-refractivity contribution is 7.25. The predicted molar refractivity (Wildman–Crippen MR) is 241 cm³/mol. The second-order valence-corrected chi connectivity index (χ2v) is 15.6. The van der Waals surface area contributed by atoms with Crippen LogP contribution < -0.4 is 0 Å². The van der Waals surface area contributed by atoms with Gasteiger partial charge in [-0.1, -0.05) is 170 Å². The highest BCUT2D eigenvalue weighted by atomic mass is 32.1. The zero-order chi connectivity index (χ0) is 37.0. The van der Waals surface area contributed by atoms with Crippen molar-refractivity contribution in [2.45, 2.75) is 0 Å². The quantitative estimate of drug-likeness (QED) is 0.161. The Morgan fingerprint density at radius 3 is 1.16 bits per heavy atom. The van der Waals surface area contributed by atoms with Gasteiger partial charge in [-0.25, -0.2) is 0 Å². The van der Waals surface area contributed by atoms with E-state index >= 15 is 0 Å². The van der Waals surface area contributed by atoms with Gasteiger partial charge in [0.1, 0.15) is 0 Å². The third-order valence-corrected chi connectivity index (χ3v) is 12.4. The molecule has 0 aliphatic heterocycles. The van der Waals surface area contributed by atoms with Gasteiger partial charge < -0.3 is 4.57 Å². The minimum atomic E-state index is 1.15. The van der Waals surface area contributed by atoms with E-state index in [1.165, 1.54) is 97.6 Å². The van der Waals surface area contributed by atoms with Crippen LogP contribution in [0.15, 0.2) is 212 Å². The van der Waals surface area contributed by atoms with Crippen molar-refractivity contribution in [1.29, 1.82) is 0 Å². The second-order valence-electron chi connectivity index (χ2n) is 14.5. The van der Waals surface area contributed by atoms with Crippen molar-refractivity contribution in [3.8, 4) is 61.3 Å². The van der Waals surface area contributed by atoms with Crippen molar-refractivity contribution in [3.63, 3.8) is 0 Å². The highest BCUT2D eigenvalue weighted by Gasteiger charge is 2.15. The Labute approximate surface area is 330 Å². The van der Waals surface area contributed by atoms with Gasteiger partial charge in [0.25, 0.3) is 0 Å². The molecule has 0 saturated heterocycles. The molecule has 0 unspecified atom stereocenters. The van der Waals surface area contributed by atoms with Gasteiger partial charge >= 0.3 is 0 Å². The molecule has 2 heteroatoms. The topological polar surface area (TPSA) is 4.93 Å². The molecule has 0 saturated carbocycles. The van der Waals surface area contributed by atoms with Crippen molar-refractivity contribution in [2.24, 2.45) is 0 Å². The summed E-state index contributed by atoms with van der Waals surface area (Å²) in [5.74, 6) is 0. The van der Waals surface area contributed by atoms with E-state index in [1.807, 2.05) is 11.3 Å². The van der Waals surface area contributed by atoms with Gasteiger partial charge in [-0.3, -0.25) is 0 Å². The van der Waals surface area contributed by atoms with Crippen LogP contribution in [0.5, 0.6) is 0 Å². The molecule has 262 valence electrons. The summed E-state index contributed by atoms with van der Waals surface area (Å²) in [5.41, 5.74) is 15.7. The maximum Gasteiger partial charge on any atom is 0.0547 e. The standard InChI is InChI=1S/C54H35NS/c1-3-9-36(10-4-1)44-25-30-47-48-31-26-45(37-11-5-2-6-12-37)35-52(48)55(51(47)34-44)46-28-23-41(24-29-46)40-17-15-38(16-18-40)39-19-21-42(22-20-39)43-27-32-54-50(33-43)49-13-7-8-14-53(49)56-54/h1-35H. The predicted octanol–water partition coefficient (Wildman–Crippen LogP) is 15.5. The Bertz CT molecular complexity index is 3090. The number of aromatic nitrogens is 1. The molecule has 0 amide bonds. The molecule has 0 atom stereocenters. The van der Waals surface area contributed by atoms with Crippen molar-refractivity contribution in [2.75, 3.05) is 0 Å². The Balaban J connectivity index is 0.913. The van der Waals surface area contributed by atoms with E-state index in [2.05, 4.69) is 217 Å². The zero-order valence-electron chi connectivity index (χ0n) is 30.6. The van der Waals surface area contributed by atoms with Crippen LogP contribution in [0.2, 0.25) is 0 Å². The first-order valence-electron chi connectivity index (χ1n) is 19.2. The first-order valence-corrected chi connectivity index (χ1v) is 20.0. The van der Waals surface area contributed by atoms with Crippen molar-refractivity contribution < 1.29 is 0 Å². The zero-order valence-corrected chi connectivity index (χ0v) is 31.4. The molecule has 11 aromatic rings. The second kappa shape index (κ2) is 13.4. The number of rotatable bonds is 6. The maximum absolute atomic E-state index is 2.43. The Kier molecular flexibility index (Phi) is 7.75. The molecule has 0 spiro atoms. The van der Waals surface area contributed by atoms with Gasteiger partial charge in [0.15, 0.2) is 0 Å². The van der Waals surface area contributed by atoms with E-state index in [0.717, 1.165) is 5.69 Å². The van der Waals surface area contributed by atoms with Crippen LogP contribution in [-0.2, 0) is 0 Å². The van der Waals surface area contributed by atoms with Gasteiger partial charge in [-0.05, 0) is 98.1 Å². The first kappa shape index (κ1) is 32.4. The van der Waals surface area contributed by atoms with Crippen molar-refractivity contribution in [3.05, 3.63) is 212 Å². The summed E-state index contributed by atoms with van der Waals surface area (Å²) in [6, 6.07) is 77.6. The van der Waals surface area contributed by atoms with Gasteiger partial charge in [-0.2, -0.15) is 0 Å². The monoisotopic (exact) mass is 729 g/mol. The molecule has 0 radical (unpaired) electrons. The molecule has 0 N–H and O–H groups in total. The number of nitrogens with zero attached hydrogens (tertiary/aromatic N) is 1. The molecule has 2 aromatic heterocycles. The fraction of sp³-hybridized carbons (Fsp3) is 0. The average molecular weight is 730 g/mol. The summed E-state index contributed by atoms with van der Waals surface area (Å²) in [6.45, 7) is 0. The summed E-state index contributed by atoms with van der Waals surface area (Å²) >= 11 is 1.86. The Morgan fingerprint density at radius 1 is 0.250 bits per heavy atom. The minimum absolute atomic E-state index is 1.15. The van der Waals surface area contributed by atoms with Gasteiger partial charge in [0, 0.05) is 36.6 Å². The molecule has 0 bridgehead atoms. The molecule has 0 aliphatic carbocycles. The Hall–Kier alpha value is -7.00. The SMILES string of the molecule is c1ccc(-c2ccc3c4ccc(-c5ccccc5)cc4n(-c4ccc(-c5ccc(-c6ccc(-c7ccc8sc9ccccc9c8c7)cc6)cc5)cc4)c3c2)cc1. The molecular weight excluding hydrogens is 695 g/mol. The molecule has 0 aliphatic rings. The molecule has 11 rings (SSSR count). The average Bonchev–Trinajstić information content (AvgIpc) is 3.82. The van der Waals surface area contributed by atoms with Crippen LogP contribution in [-0.4, -0.2) is 4.57 Å².